The zero-order valence-electron chi connectivity index (χ0n) is 35.5. The van der Waals surface area contributed by atoms with Crippen LogP contribution in [0.15, 0.2) is 138 Å². The van der Waals surface area contributed by atoms with Crippen molar-refractivity contribution in [1.82, 2.24) is 15.6 Å². The number of H-pyrrole nitrogens is 1. The number of hydrogen-bond acceptors (Lipinski definition) is 9. The van der Waals surface area contributed by atoms with Crippen molar-refractivity contribution < 1.29 is 38.4 Å². The smallest absolute Gasteiger partial charge is 0.408 e. The summed E-state index contributed by atoms with van der Waals surface area (Å²) in [5, 5.41) is 28.0. The lowest BCUT2D eigenvalue weighted by Crippen LogP contribution is -2.65. The van der Waals surface area contributed by atoms with Crippen molar-refractivity contribution in [3.63, 3.8) is 0 Å². The summed E-state index contributed by atoms with van der Waals surface area (Å²) in [6, 6.07) is 41.3. The number of ether oxygens (including phenoxy) is 4. The van der Waals surface area contributed by atoms with Gasteiger partial charge < -0.3 is 49.3 Å². The number of pyridine rings is 1. The molecule has 0 spiro atoms. The standard InChI is InChI=1S/C51H56N4O8/c56-45-21-19-43(44-20-22-48(58)53-50(44)45)46(57)33-52-25-7-8-29-60-41-17-9-11-36(31-41)35-62-42-18-10-14-39(32-42)49(38-12-3-1-4-13-38)54-51(59)63-47-34-55(26-23-37(47)24-27-55)28-30-61-40-15-5-2-6-16-40/h1-6,9-22,31-32,37,46-47,49,52,57H,7-8,23-30,33-35H2,(H2-,53,54,56,58,59)/p+1/t37?,46?,47-,49?,55?/m0/s1. The van der Waals surface area contributed by atoms with E-state index in [9.17, 15) is 19.8 Å². The highest BCUT2D eigenvalue weighted by Gasteiger charge is 2.47. The third-order valence-corrected chi connectivity index (χ3v) is 12.4. The normalized spacial score (nSPS) is 18.9. The molecule has 6 aromatic rings. The number of aromatic hydroxyl groups is 1. The number of aromatic amines is 1. The van der Waals surface area contributed by atoms with Crippen molar-refractivity contribution in [2.24, 2.45) is 5.92 Å². The van der Waals surface area contributed by atoms with Crippen molar-refractivity contribution in [3.05, 3.63) is 166 Å². The molecule has 3 saturated heterocycles. The maximum Gasteiger partial charge on any atom is 0.408 e. The summed E-state index contributed by atoms with van der Waals surface area (Å²) in [5.41, 5.74) is 3.43. The lowest BCUT2D eigenvalue weighted by molar-refractivity contribution is -0.946. The van der Waals surface area contributed by atoms with Gasteiger partial charge in [0.05, 0.1) is 37.4 Å². The quantitative estimate of drug-likeness (QED) is 0.0383. The van der Waals surface area contributed by atoms with E-state index < -0.39 is 18.2 Å². The number of piperidine rings is 3. The van der Waals surface area contributed by atoms with Crippen LogP contribution in [-0.2, 0) is 11.3 Å². The van der Waals surface area contributed by atoms with Gasteiger partial charge in [-0.3, -0.25) is 4.79 Å². The van der Waals surface area contributed by atoms with E-state index in [-0.39, 0.29) is 17.4 Å². The zero-order chi connectivity index (χ0) is 43.4. The Hall–Kier alpha value is -6.34. The number of aliphatic hydroxyl groups is 1. The number of hydrogen-bond donors (Lipinski definition) is 5. The van der Waals surface area contributed by atoms with Crippen LogP contribution in [0.4, 0.5) is 4.79 Å². The summed E-state index contributed by atoms with van der Waals surface area (Å²) in [7, 11) is 0. The van der Waals surface area contributed by atoms with Crippen molar-refractivity contribution in [3.8, 4) is 23.0 Å². The van der Waals surface area contributed by atoms with E-state index in [1.807, 2.05) is 109 Å². The van der Waals surface area contributed by atoms with Gasteiger partial charge in [0.25, 0.3) is 0 Å². The van der Waals surface area contributed by atoms with Gasteiger partial charge in [-0.1, -0.05) is 78.9 Å². The Morgan fingerprint density at radius 2 is 1.48 bits per heavy atom. The molecule has 3 aliphatic heterocycles. The van der Waals surface area contributed by atoms with E-state index in [4.69, 9.17) is 18.9 Å². The second-order valence-electron chi connectivity index (χ2n) is 16.7. The Balaban J connectivity index is 0.799. The second-order valence-corrected chi connectivity index (χ2v) is 16.7. The number of unbranched alkanes of at least 4 members (excludes halogenated alkanes) is 1. The Morgan fingerprint density at radius 1 is 0.762 bits per heavy atom. The number of benzene rings is 5. The fraction of sp³-hybridized carbons (Fsp3) is 0.333. The Labute approximate surface area is 368 Å². The molecular formula is C51H57N4O8+. The van der Waals surface area contributed by atoms with E-state index in [0.717, 1.165) is 84.5 Å². The van der Waals surface area contributed by atoms with Gasteiger partial charge in [0.1, 0.15) is 49.3 Å². The summed E-state index contributed by atoms with van der Waals surface area (Å²) >= 11 is 0. The number of rotatable bonds is 20. The van der Waals surface area contributed by atoms with Crippen molar-refractivity contribution in [2.75, 3.05) is 52.5 Å². The van der Waals surface area contributed by atoms with Crippen LogP contribution in [0.2, 0.25) is 0 Å². The number of fused-ring (bicyclic) bond motifs is 4. The van der Waals surface area contributed by atoms with Crippen molar-refractivity contribution >= 4 is 17.0 Å². The van der Waals surface area contributed by atoms with Gasteiger partial charge in [0.2, 0.25) is 5.56 Å². The number of carbonyl (C=O) groups excluding carboxylic acids is 1. The monoisotopic (exact) mass is 853 g/mol. The molecule has 9 rings (SSSR count). The predicted octanol–water partition coefficient (Wildman–Crippen LogP) is 7.80. The van der Waals surface area contributed by atoms with Gasteiger partial charge in [0.15, 0.2) is 6.10 Å². The number of quaternary nitrogens is 1. The second kappa shape index (κ2) is 20.7. The van der Waals surface area contributed by atoms with E-state index in [0.29, 0.717) is 61.0 Å². The van der Waals surface area contributed by atoms with Crippen LogP contribution < -0.4 is 30.4 Å². The number of phenols is 1. The van der Waals surface area contributed by atoms with Gasteiger partial charge in [0, 0.05) is 36.8 Å². The highest BCUT2D eigenvalue weighted by atomic mass is 16.6. The van der Waals surface area contributed by atoms with Crippen molar-refractivity contribution in [1.29, 1.82) is 0 Å². The zero-order valence-corrected chi connectivity index (χ0v) is 35.5. The minimum Gasteiger partial charge on any atom is -0.506 e. The van der Waals surface area contributed by atoms with E-state index in [2.05, 4.69) is 15.6 Å². The molecule has 3 fully saturated rings. The fourth-order valence-corrected chi connectivity index (χ4v) is 8.95. The number of nitrogens with one attached hydrogen (secondary N) is 3. The van der Waals surface area contributed by atoms with Gasteiger partial charge in [-0.25, -0.2) is 4.79 Å². The van der Waals surface area contributed by atoms with Crippen LogP contribution in [0.1, 0.15) is 60.1 Å². The largest absolute Gasteiger partial charge is 0.506 e. The number of phenolic OH excluding ortho intramolecular Hbond substituents is 1. The minimum atomic E-state index is -0.805. The van der Waals surface area contributed by atoms with Crippen LogP contribution in [0, 0.1) is 5.92 Å². The maximum atomic E-state index is 13.7. The fourth-order valence-electron chi connectivity index (χ4n) is 8.95. The van der Waals surface area contributed by atoms with Crippen LogP contribution in [-0.4, -0.2) is 84.4 Å². The molecule has 0 saturated carbocycles. The third-order valence-electron chi connectivity index (χ3n) is 12.4. The van der Waals surface area contributed by atoms with Crippen molar-refractivity contribution in [2.45, 2.75) is 50.5 Å². The van der Waals surface area contributed by atoms with Crippen LogP contribution in [0.5, 0.6) is 23.0 Å². The Morgan fingerprint density at radius 3 is 2.29 bits per heavy atom. The number of amides is 1. The molecule has 12 heteroatoms. The molecule has 63 heavy (non-hydrogen) atoms. The van der Waals surface area contributed by atoms with E-state index in [1.165, 1.54) is 12.1 Å². The molecule has 1 amide bonds. The summed E-state index contributed by atoms with van der Waals surface area (Å²) in [5.74, 6) is 2.65. The third kappa shape index (κ3) is 11.4. The molecule has 4 heterocycles. The molecule has 5 aromatic carbocycles. The predicted molar refractivity (Wildman–Crippen MR) is 242 cm³/mol. The van der Waals surface area contributed by atoms with Crippen LogP contribution in [0.25, 0.3) is 10.9 Å². The molecule has 3 aliphatic rings. The highest BCUT2D eigenvalue weighted by molar-refractivity contribution is 5.87. The number of para-hydroxylation sites is 1. The lowest BCUT2D eigenvalue weighted by atomic mass is 9.83. The number of nitrogens with zero attached hydrogens (tertiary/aromatic N) is 1. The SMILES string of the molecule is O=C(NC(c1ccccc1)c1cccc(OCc2cccc(OCCCCNCC(O)c3ccc(O)c4[nH]c(=O)ccc34)c2)c1)O[C@H]1C[N+]2(CCOc3ccccc3)CCC1CC2. The first kappa shape index (κ1) is 43.3. The summed E-state index contributed by atoms with van der Waals surface area (Å²) in [6.45, 7) is 6.39. The van der Waals surface area contributed by atoms with E-state index >= 15 is 0 Å². The molecule has 5 N–H and O–H groups in total. The van der Waals surface area contributed by atoms with Gasteiger partial charge >= 0.3 is 6.09 Å². The maximum absolute atomic E-state index is 13.7. The van der Waals surface area contributed by atoms with Gasteiger partial charge in [-0.2, -0.15) is 0 Å². The van der Waals surface area contributed by atoms with E-state index in [1.54, 1.807) is 12.1 Å². The topological polar surface area (TPSA) is 151 Å². The molecule has 2 unspecified atom stereocenters. The molecular weight excluding hydrogens is 797 g/mol. The van der Waals surface area contributed by atoms with Gasteiger partial charge in [-0.05, 0) is 90.2 Å². The molecule has 1 aromatic heterocycles. The molecule has 0 radical (unpaired) electrons. The summed E-state index contributed by atoms with van der Waals surface area (Å²) in [6.07, 6.45) is 2.38. The van der Waals surface area contributed by atoms with Crippen LogP contribution in [0.3, 0.4) is 0 Å². The molecule has 2 bridgehead atoms. The average Bonchev–Trinajstić information content (AvgIpc) is 3.31. The number of alkyl carbamates (subject to hydrolysis) is 1. The molecule has 12 nitrogen and oxygen atoms in total. The Bertz CT molecular complexity index is 2470. The molecule has 3 atom stereocenters. The molecule has 328 valence electrons. The number of aliphatic hydroxyl groups excluding tert-OH is 1. The number of aromatic nitrogens is 1. The van der Waals surface area contributed by atoms with Crippen LogP contribution >= 0.6 is 0 Å². The first-order chi connectivity index (χ1) is 30.8. The lowest BCUT2D eigenvalue weighted by Gasteiger charge is -2.51. The first-order valence-electron chi connectivity index (χ1n) is 22.0. The molecule has 0 aliphatic carbocycles. The minimum absolute atomic E-state index is 0.0340. The Kier molecular flexibility index (Phi) is 14.2. The first-order valence-corrected chi connectivity index (χ1v) is 22.0. The van der Waals surface area contributed by atoms with Gasteiger partial charge in [-0.15, -0.1) is 0 Å². The number of carbonyl (C=O) groups is 1. The highest BCUT2D eigenvalue weighted by Crippen LogP contribution is 2.36. The summed E-state index contributed by atoms with van der Waals surface area (Å²) < 4.78 is 25.6. The average molecular weight is 854 g/mol. The summed E-state index contributed by atoms with van der Waals surface area (Å²) in [4.78, 5) is 28.1.